The van der Waals surface area contributed by atoms with E-state index >= 15 is 0 Å². The van der Waals surface area contributed by atoms with Crippen LogP contribution in [0.5, 0.6) is 5.75 Å². The van der Waals surface area contributed by atoms with Crippen LogP contribution in [0.1, 0.15) is 5.56 Å². The summed E-state index contributed by atoms with van der Waals surface area (Å²) in [7, 11) is 0. The average Bonchev–Trinajstić information content (AvgIpc) is 2.27. The molecule has 6 heteroatoms. The van der Waals surface area contributed by atoms with E-state index in [1.165, 1.54) is 24.3 Å². The highest BCUT2D eigenvalue weighted by atomic mass is 19.3. The first-order valence-corrected chi connectivity index (χ1v) is 4.52. The molecule has 0 aliphatic heterocycles. The molecular formula is C11H8F4O2. The molecule has 1 aromatic rings. The summed E-state index contributed by atoms with van der Waals surface area (Å²) >= 11 is 0. The Bertz CT molecular complexity index is 398. The van der Waals surface area contributed by atoms with Crippen LogP contribution in [0.2, 0.25) is 0 Å². The molecule has 0 aromatic heterocycles. The zero-order valence-corrected chi connectivity index (χ0v) is 8.45. The lowest BCUT2D eigenvalue weighted by Crippen LogP contribution is -2.33. The molecule has 0 saturated carbocycles. The standard InChI is InChI=1S/C11H8F4O2/c12-10(13)11(14,15)17-9-5-3-8(4-6-9)2-1-7-16/h1-7,10H/b2-1+. The summed E-state index contributed by atoms with van der Waals surface area (Å²) in [6, 6.07) is 4.94. The van der Waals surface area contributed by atoms with Gasteiger partial charge in [0.2, 0.25) is 0 Å². The minimum Gasteiger partial charge on any atom is -0.428 e. The summed E-state index contributed by atoms with van der Waals surface area (Å²) in [4.78, 5) is 10.0. The average molecular weight is 248 g/mol. The van der Waals surface area contributed by atoms with Gasteiger partial charge in [0.25, 0.3) is 0 Å². The van der Waals surface area contributed by atoms with E-state index in [-0.39, 0.29) is 5.75 Å². The van der Waals surface area contributed by atoms with E-state index in [0.717, 1.165) is 12.1 Å². The molecule has 0 aliphatic rings. The molecule has 0 aliphatic carbocycles. The van der Waals surface area contributed by atoms with Gasteiger partial charge in [0.05, 0.1) is 0 Å². The largest absolute Gasteiger partial charge is 0.461 e. The van der Waals surface area contributed by atoms with Crippen molar-refractivity contribution in [3.8, 4) is 5.75 Å². The molecule has 0 heterocycles. The molecule has 0 amide bonds. The van der Waals surface area contributed by atoms with Crippen LogP contribution >= 0.6 is 0 Å². The van der Waals surface area contributed by atoms with E-state index in [1.54, 1.807) is 0 Å². The van der Waals surface area contributed by atoms with E-state index in [2.05, 4.69) is 4.74 Å². The number of rotatable bonds is 5. The van der Waals surface area contributed by atoms with Crippen LogP contribution in [0, 0.1) is 0 Å². The lowest BCUT2D eigenvalue weighted by Gasteiger charge is -2.16. The van der Waals surface area contributed by atoms with E-state index < -0.39 is 12.5 Å². The topological polar surface area (TPSA) is 26.3 Å². The second-order valence-corrected chi connectivity index (χ2v) is 3.03. The maximum atomic E-state index is 12.5. The zero-order chi connectivity index (χ0) is 12.9. The quantitative estimate of drug-likeness (QED) is 0.454. The van der Waals surface area contributed by atoms with Crippen LogP contribution in [-0.2, 0) is 4.79 Å². The lowest BCUT2D eigenvalue weighted by atomic mass is 10.2. The molecule has 2 nitrogen and oxygen atoms in total. The van der Waals surface area contributed by atoms with Gasteiger partial charge in [-0.05, 0) is 23.8 Å². The van der Waals surface area contributed by atoms with E-state index in [1.807, 2.05) is 0 Å². The van der Waals surface area contributed by atoms with Crippen LogP contribution in [-0.4, -0.2) is 18.8 Å². The Labute approximate surface area is 94.5 Å². The number of aldehydes is 1. The van der Waals surface area contributed by atoms with Crippen LogP contribution in [0.4, 0.5) is 17.6 Å². The second-order valence-electron chi connectivity index (χ2n) is 3.03. The van der Waals surface area contributed by atoms with Gasteiger partial charge in [-0.1, -0.05) is 18.2 Å². The highest BCUT2D eigenvalue weighted by molar-refractivity contribution is 5.73. The second kappa shape index (κ2) is 5.47. The van der Waals surface area contributed by atoms with Gasteiger partial charge in [-0.15, -0.1) is 0 Å². The first-order valence-electron chi connectivity index (χ1n) is 4.52. The summed E-state index contributed by atoms with van der Waals surface area (Å²) in [6.07, 6.45) is -5.21. The number of hydrogen-bond acceptors (Lipinski definition) is 2. The van der Waals surface area contributed by atoms with Crippen LogP contribution in [0.15, 0.2) is 30.3 Å². The van der Waals surface area contributed by atoms with Gasteiger partial charge in [0, 0.05) is 0 Å². The first kappa shape index (κ1) is 13.2. The van der Waals surface area contributed by atoms with Crippen LogP contribution < -0.4 is 4.74 Å². The number of carbonyl (C=O) groups excluding carboxylic acids is 1. The fourth-order valence-corrected chi connectivity index (χ4v) is 0.999. The molecule has 0 saturated heterocycles. The summed E-state index contributed by atoms with van der Waals surface area (Å²) in [6.45, 7) is 0. The van der Waals surface area contributed by atoms with Crippen molar-refractivity contribution >= 4 is 12.4 Å². The third kappa shape index (κ3) is 3.90. The normalized spacial score (nSPS) is 12.1. The third-order valence-corrected chi connectivity index (χ3v) is 1.76. The predicted molar refractivity (Wildman–Crippen MR) is 53.1 cm³/mol. The smallest absolute Gasteiger partial charge is 0.428 e. The number of alkyl halides is 4. The Hall–Kier alpha value is -1.85. The molecule has 0 fully saturated rings. The third-order valence-electron chi connectivity index (χ3n) is 1.76. The van der Waals surface area contributed by atoms with Crippen molar-refractivity contribution in [3.63, 3.8) is 0 Å². The number of ether oxygens (including phenoxy) is 1. The Morgan fingerprint density at radius 3 is 2.24 bits per heavy atom. The van der Waals surface area contributed by atoms with E-state index in [9.17, 15) is 22.4 Å². The Morgan fingerprint density at radius 2 is 1.76 bits per heavy atom. The van der Waals surface area contributed by atoms with Crippen molar-refractivity contribution in [2.24, 2.45) is 0 Å². The van der Waals surface area contributed by atoms with Gasteiger partial charge in [-0.2, -0.15) is 17.6 Å². The van der Waals surface area contributed by atoms with Gasteiger partial charge in [0.15, 0.2) is 0 Å². The van der Waals surface area contributed by atoms with Crippen molar-refractivity contribution in [2.75, 3.05) is 0 Å². The molecule has 0 radical (unpaired) electrons. The van der Waals surface area contributed by atoms with Crippen LogP contribution in [0.3, 0.4) is 0 Å². The Balaban J connectivity index is 2.75. The predicted octanol–water partition coefficient (Wildman–Crippen LogP) is 3.14. The zero-order valence-electron chi connectivity index (χ0n) is 8.45. The Kier molecular flexibility index (Phi) is 4.25. The molecule has 0 unspecified atom stereocenters. The van der Waals surface area contributed by atoms with Crippen molar-refractivity contribution < 1.29 is 27.1 Å². The molecule has 1 aromatic carbocycles. The number of benzene rings is 1. The minimum absolute atomic E-state index is 0.376. The fraction of sp³-hybridized carbons (Fsp3) is 0.182. The van der Waals surface area contributed by atoms with E-state index in [4.69, 9.17) is 0 Å². The molecule has 0 atom stereocenters. The van der Waals surface area contributed by atoms with Crippen molar-refractivity contribution in [2.45, 2.75) is 12.5 Å². The van der Waals surface area contributed by atoms with E-state index in [0.29, 0.717) is 11.8 Å². The van der Waals surface area contributed by atoms with Gasteiger partial charge in [0.1, 0.15) is 12.0 Å². The molecule has 92 valence electrons. The van der Waals surface area contributed by atoms with Gasteiger partial charge in [-0.25, -0.2) is 0 Å². The summed E-state index contributed by atoms with van der Waals surface area (Å²) in [5.74, 6) is -0.376. The molecular weight excluding hydrogens is 240 g/mol. The minimum atomic E-state index is -4.51. The van der Waals surface area contributed by atoms with Gasteiger partial charge >= 0.3 is 12.5 Å². The maximum absolute atomic E-state index is 12.5. The Morgan fingerprint density at radius 1 is 1.18 bits per heavy atom. The van der Waals surface area contributed by atoms with Gasteiger partial charge in [-0.3, -0.25) is 4.79 Å². The SMILES string of the molecule is O=C/C=C/c1ccc(OC(F)(F)C(F)F)cc1. The van der Waals surface area contributed by atoms with Crippen molar-refractivity contribution in [1.29, 1.82) is 0 Å². The highest BCUT2D eigenvalue weighted by Gasteiger charge is 2.43. The summed E-state index contributed by atoms with van der Waals surface area (Å²) in [5, 5.41) is 0. The molecule has 17 heavy (non-hydrogen) atoms. The highest BCUT2D eigenvalue weighted by Crippen LogP contribution is 2.27. The van der Waals surface area contributed by atoms with Crippen molar-refractivity contribution in [3.05, 3.63) is 35.9 Å². The van der Waals surface area contributed by atoms with Gasteiger partial charge < -0.3 is 4.74 Å². The monoisotopic (exact) mass is 248 g/mol. The number of halogens is 4. The number of hydrogen-bond donors (Lipinski definition) is 0. The number of allylic oxidation sites excluding steroid dienone is 1. The molecule has 0 bridgehead atoms. The fourth-order valence-electron chi connectivity index (χ4n) is 0.999. The first-order chi connectivity index (χ1) is 7.95. The van der Waals surface area contributed by atoms with Crippen LogP contribution in [0.25, 0.3) is 6.08 Å². The summed E-state index contributed by atoms with van der Waals surface area (Å²) in [5.41, 5.74) is 0.560. The van der Waals surface area contributed by atoms with Crippen molar-refractivity contribution in [1.82, 2.24) is 0 Å². The maximum Gasteiger partial charge on any atom is 0.461 e. The lowest BCUT2D eigenvalue weighted by molar-refractivity contribution is -0.253. The summed E-state index contributed by atoms with van der Waals surface area (Å²) < 4.78 is 52.5. The number of carbonyl (C=O) groups is 1. The molecule has 1 rings (SSSR count). The molecule has 0 spiro atoms. The molecule has 0 N–H and O–H groups in total.